The van der Waals surface area contributed by atoms with E-state index >= 15 is 0 Å². The molecule has 1 aromatic carbocycles. The van der Waals surface area contributed by atoms with Gasteiger partial charge in [0.1, 0.15) is 18.1 Å². The molecule has 0 fully saturated rings. The molecule has 1 amide bonds. The summed E-state index contributed by atoms with van der Waals surface area (Å²) in [5.41, 5.74) is 1.52. The molecule has 0 bridgehead atoms. The van der Waals surface area contributed by atoms with Crippen molar-refractivity contribution in [1.29, 1.82) is 0 Å². The van der Waals surface area contributed by atoms with Crippen LogP contribution in [0.5, 0.6) is 5.75 Å². The molecule has 0 radical (unpaired) electrons. The summed E-state index contributed by atoms with van der Waals surface area (Å²) in [6, 6.07) is 12.0. The van der Waals surface area contributed by atoms with Gasteiger partial charge in [0.2, 0.25) is 0 Å². The molecule has 2 aromatic heterocycles. The van der Waals surface area contributed by atoms with Gasteiger partial charge in [-0.2, -0.15) is 5.10 Å². The number of amides is 1. The van der Waals surface area contributed by atoms with Gasteiger partial charge in [0.15, 0.2) is 11.5 Å². The number of hydrogen-bond acceptors (Lipinski definition) is 5. The lowest BCUT2D eigenvalue weighted by Gasteiger charge is -2.05. The third-order valence-electron chi connectivity index (χ3n) is 3.88. The molecule has 3 rings (SSSR count). The van der Waals surface area contributed by atoms with E-state index < -0.39 is 0 Å². The molecular formula is C19H19N3O4. The Labute approximate surface area is 150 Å². The highest BCUT2D eigenvalue weighted by Crippen LogP contribution is 2.16. The number of rotatable bonds is 7. The first-order chi connectivity index (χ1) is 12.5. The molecule has 3 aromatic rings. The number of carbonyl (C=O) groups is 2. The average Bonchev–Trinajstić information content (AvgIpc) is 3.27. The summed E-state index contributed by atoms with van der Waals surface area (Å²) in [6.45, 7) is 2.07. The zero-order chi connectivity index (χ0) is 18.5. The maximum Gasteiger partial charge on any atom is 0.287 e. The fraction of sp³-hybridized carbons (Fsp3) is 0.211. The number of nitrogens with one attached hydrogen (secondary N) is 1. The minimum Gasteiger partial charge on any atom is -0.486 e. The number of aryl methyl sites for hydroxylation is 1. The monoisotopic (exact) mass is 353 g/mol. The molecule has 26 heavy (non-hydrogen) atoms. The Bertz CT molecular complexity index is 909. The van der Waals surface area contributed by atoms with E-state index in [2.05, 4.69) is 10.4 Å². The molecule has 0 saturated carbocycles. The number of Topliss-reactive ketones (excluding diaryl/α,β-unsaturated/α-hetero) is 1. The van der Waals surface area contributed by atoms with E-state index in [0.717, 1.165) is 5.69 Å². The van der Waals surface area contributed by atoms with Gasteiger partial charge in [0.05, 0.1) is 12.2 Å². The van der Waals surface area contributed by atoms with Crippen LogP contribution in [0.4, 0.5) is 0 Å². The van der Waals surface area contributed by atoms with Gasteiger partial charge in [0, 0.05) is 18.8 Å². The molecular weight excluding hydrogens is 334 g/mol. The van der Waals surface area contributed by atoms with Crippen LogP contribution in [-0.2, 0) is 20.2 Å². The first kappa shape index (κ1) is 17.5. The van der Waals surface area contributed by atoms with Gasteiger partial charge in [0.25, 0.3) is 5.91 Å². The SMILES string of the molecule is CC(=O)c1ccc(OCc2ccc(C(=O)NCc3ccnn3C)o2)cc1. The second kappa shape index (κ2) is 7.69. The Morgan fingerprint density at radius 3 is 2.58 bits per heavy atom. The van der Waals surface area contributed by atoms with Gasteiger partial charge < -0.3 is 14.5 Å². The van der Waals surface area contributed by atoms with Crippen LogP contribution in [0.2, 0.25) is 0 Å². The summed E-state index contributed by atoms with van der Waals surface area (Å²) >= 11 is 0. The molecule has 0 aliphatic heterocycles. The van der Waals surface area contributed by atoms with E-state index in [1.54, 1.807) is 47.3 Å². The number of aromatic nitrogens is 2. The van der Waals surface area contributed by atoms with E-state index in [-0.39, 0.29) is 24.1 Å². The van der Waals surface area contributed by atoms with Gasteiger partial charge in [-0.1, -0.05) is 0 Å². The van der Waals surface area contributed by atoms with E-state index in [0.29, 0.717) is 23.6 Å². The van der Waals surface area contributed by atoms with Crippen molar-refractivity contribution in [3.05, 3.63) is 71.4 Å². The van der Waals surface area contributed by atoms with Crippen molar-refractivity contribution < 1.29 is 18.7 Å². The number of carbonyl (C=O) groups excluding carboxylic acids is 2. The third kappa shape index (κ3) is 4.18. The molecule has 0 aliphatic carbocycles. The van der Waals surface area contributed by atoms with E-state index in [1.165, 1.54) is 6.92 Å². The van der Waals surface area contributed by atoms with Crippen LogP contribution in [-0.4, -0.2) is 21.5 Å². The number of ether oxygens (including phenoxy) is 1. The Balaban J connectivity index is 1.53. The van der Waals surface area contributed by atoms with E-state index in [9.17, 15) is 9.59 Å². The van der Waals surface area contributed by atoms with Crippen molar-refractivity contribution in [1.82, 2.24) is 15.1 Å². The molecule has 2 heterocycles. The van der Waals surface area contributed by atoms with Gasteiger partial charge >= 0.3 is 0 Å². The minimum atomic E-state index is -0.303. The standard InChI is InChI=1S/C19H19N3O4/c1-13(23)14-3-5-16(6-4-14)25-12-17-7-8-18(26-17)19(24)20-11-15-9-10-21-22(15)2/h3-10H,11-12H2,1-2H3,(H,20,24). The molecule has 134 valence electrons. The summed E-state index contributed by atoms with van der Waals surface area (Å²) in [4.78, 5) is 23.4. The highest BCUT2D eigenvalue weighted by atomic mass is 16.5. The maximum atomic E-state index is 12.1. The Kier molecular flexibility index (Phi) is 5.17. The fourth-order valence-corrected chi connectivity index (χ4v) is 2.35. The molecule has 0 unspecified atom stereocenters. The second-order valence-electron chi connectivity index (χ2n) is 5.76. The summed E-state index contributed by atoms with van der Waals surface area (Å²) < 4.78 is 12.8. The Morgan fingerprint density at radius 1 is 1.15 bits per heavy atom. The summed E-state index contributed by atoms with van der Waals surface area (Å²) in [5, 5.41) is 6.83. The molecule has 7 nitrogen and oxygen atoms in total. The van der Waals surface area contributed by atoms with Crippen LogP contribution in [0, 0.1) is 0 Å². The number of nitrogens with zero attached hydrogens (tertiary/aromatic N) is 2. The zero-order valence-electron chi connectivity index (χ0n) is 14.6. The Morgan fingerprint density at radius 2 is 1.92 bits per heavy atom. The van der Waals surface area contributed by atoms with Crippen LogP contribution in [0.25, 0.3) is 0 Å². The highest BCUT2D eigenvalue weighted by molar-refractivity contribution is 5.94. The lowest BCUT2D eigenvalue weighted by molar-refractivity contribution is 0.0917. The van der Waals surface area contributed by atoms with Crippen LogP contribution in [0.1, 0.15) is 39.3 Å². The van der Waals surface area contributed by atoms with Crippen molar-refractivity contribution >= 4 is 11.7 Å². The number of furan rings is 1. The predicted octanol–water partition coefficient (Wildman–Crippen LogP) is 2.72. The number of benzene rings is 1. The fourth-order valence-electron chi connectivity index (χ4n) is 2.35. The van der Waals surface area contributed by atoms with Crippen molar-refractivity contribution in [3.63, 3.8) is 0 Å². The molecule has 0 saturated heterocycles. The molecule has 7 heteroatoms. The third-order valence-corrected chi connectivity index (χ3v) is 3.88. The smallest absolute Gasteiger partial charge is 0.287 e. The van der Waals surface area contributed by atoms with E-state index in [4.69, 9.17) is 9.15 Å². The molecule has 0 atom stereocenters. The molecule has 0 spiro atoms. The second-order valence-corrected chi connectivity index (χ2v) is 5.76. The summed E-state index contributed by atoms with van der Waals surface area (Å²) in [7, 11) is 1.81. The van der Waals surface area contributed by atoms with Gasteiger partial charge in [-0.3, -0.25) is 14.3 Å². The summed E-state index contributed by atoms with van der Waals surface area (Å²) in [6.07, 6.45) is 1.67. The summed E-state index contributed by atoms with van der Waals surface area (Å²) in [5.74, 6) is 1.07. The number of hydrogen-bond donors (Lipinski definition) is 1. The zero-order valence-corrected chi connectivity index (χ0v) is 14.6. The minimum absolute atomic E-state index is 0.00404. The first-order valence-corrected chi connectivity index (χ1v) is 8.10. The number of ketones is 1. The quantitative estimate of drug-likeness (QED) is 0.660. The normalized spacial score (nSPS) is 10.5. The molecule has 0 aliphatic rings. The topological polar surface area (TPSA) is 86.4 Å². The van der Waals surface area contributed by atoms with Gasteiger partial charge in [-0.05, 0) is 49.4 Å². The van der Waals surface area contributed by atoms with Crippen molar-refractivity contribution in [3.8, 4) is 5.75 Å². The van der Waals surface area contributed by atoms with Crippen LogP contribution < -0.4 is 10.1 Å². The maximum absolute atomic E-state index is 12.1. The predicted molar refractivity (Wildman–Crippen MR) is 93.9 cm³/mol. The van der Waals surface area contributed by atoms with Gasteiger partial charge in [-0.25, -0.2) is 0 Å². The first-order valence-electron chi connectivity index (χ1n) is 8.10. The highest BCUT2D eigenvalue weighted by Gasteiger charge is 2.12. The van der Waals surface area contributed by atoms with E-state index in [1.807, 2.05) is 13.1 Å². The largest absolute Gasteiger partial charge is 0.486 e. The van der Waals surface area contributed by atoms with Crippen molar-refractivity contribution in [2.75, 3.05) is 0 Å². The molecule has 1 N–H and O–H groups in total. The lowest BCUT2D eigenvalue weighted by Crippen LogP contribution is -2.23. The van der Waals surface area contributed by atoms with Gasteiger partial charge in [-0.15, -0.1) is 0 Å². The van der Waals surface area contributed by atoms with Crippen LogP contribution in [0.3, 0.4) is 0 Å². The average molecular weight is 353 g/mol. The van der Waals surface area contributed by atoms with Crippen LogP contribution >= 0.6 is 0 Å². The Hall–Kier alpha value is -3.35. The van der Waals surface area contributed by atoms with Crippen molar-refractivity contribution in [2.45, 2.75) is 20.1 Å². The van der Waals surface area contributed by atoms with Crippen molar-refractivity contribution in [2.24, 2.45) is 7.05 Å². The lowest BCUT2D eigenvalue weighted by atomic mass is 10.1. The van der Waals surface area contributed by atoms with Crippen LogP contribution in [0.15, 0.2) is 53.1 Å².